The Kier molecular flexibility index (Phi) is 4.87. The Labute approximate surface area is 104 Å². The van der Waals surface area contributed by atoms with Crippen LogP contribution in [-0.2, 0) is 6.42 Å². The number of ether oxygens (including phenoxy) is 1. The molecule has 1 aromatic rings. The summed E-state index contributed by atoms with van der Waals surface area (Å²) in [5.74, 6) is 1.85. The second kappa shape index (κ2) is 6.65. The summed E-state index contributed by atoms with van der Waals surface area (Å²) in [6.45, 7) is 2.44. The highest BCUT2D eigenvalue weighted by atomic mass is 16.5. The number of aryl methyl sites for hydroxylation is 1. The van der Waals surface area contributed by atoms with Gasteiger partial charge in [-0.15, -0.1) is 0 Å². The standard InChI is InChI=1S/C15H23NO/c1-17-15-9-7-13(8-10-15)4-2-5-14-6-3-11-16-12-14/h7-10,14,16H,2-6,11-12H2,1H3. The van der Waals surface area contributed by atoms with Crippen LogP contribution >= 0.6 is 0 Å². The first-order valence-electron chi connectivity index (χ1n) is 6.72. The number of rotatable bonds is 5. The van der Waals surface area contributed by atoms with Gasteiger partial charge < -0.3 is 10.1 Å². The maximum atomic E-state index is 5.16. The molecule has 2 nitrogen and oxygen atoms in total. The normalized spacial score (nSPS) is 20.2. The molecule has 1 atom stereocenters. The lowest BCUT2D eigenvalue weighted by molar-refractivity contribution is 0.351. The van der Waals surface area contributed by atoms with Gasteiger partial charge in [0.1, 0.15) is 5.75 Å². The first-order chi connectivity index (χ1) is 8.38. The molecule has 1 saturated heterocycles. The van der Waals surface area contributed by atoms with E-state index in [9.17, 15) is 0 Å². The zero-order valence-electron chi connectivity index (χ0n) is 10.7. The molecule has 2 heteroatoms. The number of methoxy groups -OCH3 is 1. The molecule has 0 saturated carbocycles. The van der Waals surface area contributed by atoms with Crippen LogP contribution in [-0.4, -0.2) is 20.2 Å². The van der Waals surface area contributed by atoms with E-state index in [1.165, 1.54) is 50.8 Å². The minimum Gasteiger partial charge on any atom is -0.497 e. The molecule has 0 amide bonds. The topological polar surface area (TPSA) is 21.3 Å². The fraction of sp³-hybridized carbons (Fsp3) is 0.600. The van der Waals surface area contributed by atoms with Crippen molar-refractivity contribution in [3.05, 3.63) is 29.8 Å². The van der Waals surface area contributed by atoms with Crippen LogP contribution in [0.1, 0.15) is 31.2 Å². The van der Waals surface area contributed by atoms with Crippen LogP contribution in [0, 0.1) is 5.92 Å². The smallest absolute Gasteiger partial charge is 0.118 e. The summed E-state index contributed by atoms with van der Waals surface area (Å²) >= 11 is 0. The van der Waals surface area contributed by atoms with Gasteiger partial charge in [-0.1, -0.05) is 12.1 Å². The highest BCUT2D eigenvalue weighted by Crippen LogP contribution is 2.18. The van der Waals surface area contributed by atoms with Crippen molar-refractivity contribution in [2.24, 2.45) is 5.92 Å². The van der Waals surface area contributed by atoms with Crippen LogP contribution in [0.5, 0.6) is 5.75 Å². The summed E-state index contributed by atoms with van der Waals surface area (Å²) in [5.41, 5.74) is 1.43. The van der Waals surface area contributed by atoms with Crippen molar-refractivity contribution in [2.75, 3.05) is 20.2 Å². The monoisotopic (exact) mass is 233 g/mol. The molecule has 0 aliphatic carbocycles. The van der Waals surface area contributed by atoms with Gasteiger partial charge in [0.15, 0.2) is 0 Å². The van der Waals surface area contributed by atoms with Crippen molar-refractivity contribution in [1.29, 1.82) is 0 Å². The van der Waals surface area contributed by atoms with Crippen LogP contribution in [0.15, 0.2) is 24.3 Å². The average molecular weight is 233 g/mol. The van der Waals surface area contributed by atoms with Gasteiger partial charge in [0, 0.05) is 0 Å². The van der Waals surface area contributed by atoms with E-state index in [1.807, 2.05) is 0 Å². The van der Waals surface area contributed by atoms with Crippen molar-refractivity contribution < 1.29 is 4.74 Å². The second-order valence-electron chi connectivity index (χ2n) is 4.95. The van der Waals surface area contributed by atoms with E-state index in [0.717, 1.165) is 11.7 Å². The molecule has 1 aliphatic rings. The molecule has 1 unspecified atom stereocenters. The molecule has 1 aliphatic heterocycles. The third-order valence-electron chi connectivity index (χ3n) is 3.64. The molecule has 0 radical (unpaired) electrons. The minimum atomic E-state index is 0.905. The van der Waals surface area contributed by atoms with Crippen molar-refractivity contribution >= 4 is 0 Å². The van der Waals surface area contributed by atoms with E-state index in [0.29, 0.717) is 0 Å². The molecule has 0 bridgehead atoms. The number of piperidine rings is 1. The van der Waals surface area contributed by atoms with Gasteiger partial charge >= 0.3 is 0 Å². The van der Waals surface area contributed by atoms with E-state index in [4.69, 9.17) is 4.74 Å². The summed E-state index contributed by atoms with van der Waals surface area (Å²) in [4.78, 5) is 0. The van der Waals surface area contributed by atoms with E-state index in [-0.39, 0.29) is 0 Å². The zero-order chi connectivity index (χ0) is 11.9. The van der Waals surface area contributed by atoms with Gasteiger partial charge in [-0.3, -0.25) is 0 Å². The van der Waals surface area contributed by atoms with Crippen LogP contribution in [0.25, 0.3) is 0 Å². The summed E-state index contributed by atoms with van der Waals surface area (Å²) in [6, 6.07) is 8.46. The molecule has 1 heterocycles. The van der Waals surface area contributed by atoms with E-state index < -0.39 is 0 Å². The molecule has 2 rings (SSSR count). The van der Waals surface area contributed by atoms with E-state index in [1.54, 1.807) is 7.11 Å². The largest absolute Gasteiger partial charge is 0.497 e. The van der Waals surface area contributed by atoms with Gasteiger partial charge in [0.2, 0.25) is 0 Å². The molecular weight excluding hydrogens is 210 g/mol. The van der Waals surface area contributed by atoms with E-state index >= 15 is 0 Å². The van der Waals surface area contributed by atoms with Gasteiger partial charge in [0.25, 0.3) is 0 Å². The van der Waals surface area contributed by atoms with Crippen LogP contribution < -0.4 is 10.1 Å². The number of hydrogen-bond donors (Lipinski definition) is 1. The zero-order valence-corrected chi connectivity index (χ0v) is 10.7. The molecule has 94 valence electrons. The van der Waals surface area contributed by atoms with Gasteiger partial charge in [-0.05, 0) is 68.8 Å². The highest BCUT2D eigenvalue weighted by molar-refractivity contribution is 5.27. The van der Waals surface area contributed by atoms with Crippen LogP contribution in [0.4, 0.5) is 0 Å². The SMILES string of the molecule is COc1ccc(CCCC2CCCNC2)cc1. The fourth-order valence-corrected chi connectivity index (χ4v) is 2.56. The quantitative estimate of drug-likeness (QED) is 0.844. The molecule has 1 aromatic carbocycles. The van der Waals surface area contributed by atoms with Gasteiger partial charge in [-0.2, -0.15) is 0 Å². The first-order valence-corrected chi connectivity index (χ1v) is 6.72. The van der Waals surface area contributed by atoms with Crippen LogP contribution in [0.2, 0.25) is 0 Å². The maximum Gasteiger partial charge on any atom is 0.118 e. The van der Waals surface area contributed by atoms with Crippen molar-refractivity contribution in [3.63, 3.8) is 0 Å². The minimum absolute atomic E-state index is 0.905. The summed E-state index contributed by atoms with van der Waals surface area (Å²) < 4.78 is 5.16. The number of nitrogens with one attached hydrogen (secondary N) is 1. The Bertz CT molecular complexity index is 314. The molecule has 1 N–H and O–H groups in total. The van der Waals surface area contributed by atoms with Crippen LogP contribution in [0.3, 0.4) is 0 Å². The van der Waals surface area contributed by atoms with E-state index in [2.05, 4.69) is 29.6 Å². The average Bonchev–Trinajstić information content (AvgIpc) is 2.41. The fourth-order valence-electron chi connectivity index (χ4n) is 2.56. The molecule has 0 aromatic heterocycles. The lowest BCUT2D eigenvalue weighted by Crippen LogP contribution is -2.29. The van der Waals surface area contributed by atoms with Gasteiger partial charge in [-0.25, -0.2) is 0 Å². The maximum absolute atomic E-state index is 5.16. The third kappa shape index (κ3) is 4.04. The highest BCUT2D eigenvalue weighted by Gasteiger charge is 2.11. The lowest BCUT2D eigenvalue weighted by Gasteiger charge is -2.22. The van der Waals surface area contributed by atoms with Gasteiger partial charge in [0.05, 0.1) is 7.11 Å². The Morgan fingerprint density at radius 3 is 2.76 bits per heavy atom. The summed E-state index contributed by atoms with van der Waals surface area (Å²) in [6.07, 6.45) is 6.63. The Morgan fingerprint density at radius 1 is 1.29 bits per heavy atom. The number of hydrogen-bond acceptors (Lipinski definition) is 2. The van der Waals surface area contributed by atoms with Crippen molar-refractivity contribution in [1.82, 2.24) is 5.32 Å². The summed E-state index contributed by atoms with van der Waals surface area (Å²) in [5, 5.41) is 3.48. The molecular formula is C15H23NO. The Balaban J connectivity index is 1.69. The predicted octanol–water partition coefficient (Wildman–Crippen LogP) is 3.02. The molecule has 1 fully saturated rings. The molecule has 17 heavy (non-hydrogen) atoms. The Morgan fingerprint density at radius 2 is 2.12 bits per heavy atom. The van der Waals surface area contributed by atoms with Crippen molar-refractivity contribution in [2.45, 2.75) is 32.1 Å². The third-order valence-corrected chi connectivity index (χ3v) is 3.64. The summed E-state index contributed by atoms with van der Waals surface area (Å²) in [7, 11) is 1.71. The predicted molar refractivity (Wildman–Crippen MR) is 71.5 cm³/mol. The first kappa shape index (κ1) is 12.4. The Hall–Kier alpha value is -1.02. The molecule has 0 spiro atoms. The number of benzene rings is 1. The van der Waals surface area contributed by atoms with Crippen molar-refractivity contribution in [3.8, 4) is 5.75 Å². The second-order valence-corrected chi connectivity index (χ2v) is 4.95. The lowest BCUT2D eigenvalue weighted by atomic mass is 9.93.